The quantitative estimate of drug-likeness (QED) is 0.142. The predicted molar refractivity (Wildman–Crippen MR) is 174 cm³/mol. The highest BCUT2D eigenvalue weighted by molar-refractivity contribution is 5.67. The molecule has 2 heterocycles. The summed E-state index contributed by atoms with van der Waals surface area (Å²) in [6.45, 7) is 6.54. The molecular formula is C30H51N7O11+2. The Hall–Kier alpha value is -4.32. The zero-order valence-electron chi connectivity index (χ0n) is 28.9. The molecule has 18 heteroatoms. The largest absolute Gasteiger partial charge is 0.497 e. The van der Waals surface area contributed by atoms with Gasteiger partial charge in [0.15, 0.2) is 12.2 Å². The second-order valence-electron chi connectivity index (χ2n) is 13.6. The number of piperidine rings is 2. The fourth-order valence-corrected chi connectivity index (χ4v) is 6.16. The molecule has 4 atom stereocenters. The molecule has 2 aliphatic rings. The molecule has 3 rings (SSSR count). The summed E-state index contributed by atoms with van der Waals surface area (Å²) in [5, 5.41) is 40.2. The number of phenolic OH excluding ortho intramolecular Hbond substituents is 1. The number of phenols is 1. The van der Waals surface area contributed by atoms with Crippen molar-refractivity contribution in [1.82, 2.24) is 9.80 Å². The Bertz CT molecular complexity index is 1220. The minimum Gasteiger partial charge on any atom is -0.497 e. The number of likely N-dealkylation sites (N-methyl/N-ethyl adjacent to an activating group) is 2. The van der Waals surface area contributed by atoms with Crippen LogP contribution in [0.4, 0.5) is 26.7 Å². The van der Waals surface area contributed by atoms with E-state index in [1.165, 1.54) is 48.6 Å². The van der Waals surface area contributed by atoms with Gasteiger partial charge in [-0.25, -0.2) is 9.59 Å². The number of nitrogens with zero attached hydrogens (tertiary/aromatic N) is 7. The molecule has 1 aromatic carbocycles. The first-order valence-corrected chi connectivity index (χ1v) is 16.1. The lowest BCUT2D eigenvalue weighted by Crippen LogP contribution is -2.54. The maximum atomic E-state index is 11.9. The maximum Gasteiger partial charge on any atom is 0.409 e. The number of amides is 2. The number of benzene rings is 1. The van der Waals surface area contributed by atoms with E-state index in [4.69, 9.17) is 14.6 Å². The highest BCUT2D eigenvalue weighted by atomic mass is 16.6. The highest BCUT2D eigenvalue weighted by Gasteiger charge is 2.35. The Morgan fingerprint density at radius 2 is 1.12 bits per heavy atom. The molecular weight excluding hydrogens is 634 g/mol. The highest BCUT2D eigenvalue weighted by Crippen LogP contribution is 2.39. The normalized spacial score (nSPS) is 23.5. The number of nitro benzene ring substituents is 3. The van der Waals surface area contributed by atoms with Crippen LogP contribution in [0.1, 0.15) is 51.4 Å². The van der Waals surface area contributed by atoms with Crippen molar-refractivity contribution in [1.29, 1.82) is 0 Å². The first-order valence-electron chi connectivity index (χ1n) is 16.1. The third kappa shape index (κ3) is 12.4. The van der Waals surface area contributed by atoms with E-state index in [1.54, 1.807) is 28.2 Å². The lowest BCUT2D eigenvalue weighted by molar-refractivity contribution is -0.917. The number of carbonyl (C=O) groups is 2. The first-order chi connectivity index (χ1) is 22.4. The molecule has 2 fully saturated rings. The number of nitro groups is 3. The number of hydrogen-bond acceptors (Lipinski definition) is 11. The molecule has 2 aliphatic heterocycles. The topological polar surface area (TPSA) is 209 Å². The molecule has 2 saturated heterocycles. The average molecular weight is 686 g/mol. The first kappa shape index (κ1) is 39.9. The Balaban J connectivity index is 0.000000419. The van der Waals surface area contributed by atoms with Gasteiger partial charge in [-0.3, -0.25) is 30.3 Å². The van der Waals surface area contributed by atoms with Crippen LogP contribution in [0.15, 0.2) is 12.1 Å². The van der Waals surface area contributed by atoms with Gasteiger partial charge in [0.25, 0.3) is 11.4 Å². The third-order valence-corrected chi connectivity index (χ3v) is 8.81. The molecule has 1 N–H and O–H groups in total. The summed E-state index contributed by atoms with van der Waals surface area (Å²) in [5.74, 6) is -1.21. The van der Waals surface area contributed by atoms with Crippen molar-refractivity contribution in [3.05, 3.63) is 42.5 Å². The van der Waals surface area contributed by atoms with E-state index in [-0.39, 0.29) is 24.4 Å². The van der Waals surface area contributed by atoms with Gasteiger partial charge in [0.05, 0.1) is 67.2 Å². The summed E-state index contributed by atoms with van der Waals surface area (Å²) < 4.78 is 13.3. The second-order valence-corrected chi connectivity index (χ2v) is 13.6. The van der Waals surface area contributed by atoms with Gasteiger partial charge in [-0.05, 0) is 38.5 Å². The Kier molecular flexibility index (Phi) is 14.7. The van der Waals surface area contributed by atoms with Crippen LogP contribution in [0.25, 0.3) is 0 Å². The fraction of sp³-hybridized carbons (Fsp3) is 0.733. The van der Waals surface area contributed by atoms with Crippen molar-refractivity contribution < 1.29 is 47.9 Å². The number of likely N-dealkylation sites (tertiary alicyclic amines) is 2. The number of rotatable bonds is 12. The maximum absolute atomic E-state index is 11.9. The van der Waals surface area contributed by atoms with Gasteiger partial charge in [-0.2, -0.15) is 0 Å². The van der Waals surface area contributed by atoms with E-state index in [9.17, 15) is 39.9 Å². The van der Waals surface area contributed by atoms with Crippen LogP contribution in [0, 0.1) is 30.3 Å². The fourth-order valence-electron chi connectivity index (χ4n) is 6.16. The summed E-state index contributed by atoms with van der Waals surface area (Å²) >= 11 is 0. The lowest BCUT2D eigenvalue weighted by atomic mass is 10.0. The number of carbonyl (C=O) groups excluding carboxylic acids is 2. The van der Waals surface area contributed by atoms with E-state index >= 15 is 0 Å². The van der Waals surface area contributed by atoms with E-state index in [1.807, 2.05) is 0 Å². The molecule has 0 saturated carbocycles. The van der Waals surface area contributed by atoms with Crippen LogP contribution in [0.3, 0.4) is 0 Å². The zero-order valence-corrected chi connectivity index (χ0v) is 28.9. The number of hydrogen-bond donors (Lipinski definition) is 1. The van der Waals surface area contributed by atoms with Gasteiger partial charge in [0.2, 0.25) is 0 Å². The van der Waals surface area contributed by atoms with Crippen LogP contribution in [-0.2, 0) is 9.47 Å². The standard InChI is InChI=1S/C24H48N4O4.C6H3N3O7/c1-25(2)23(29)31-21-13-11-17-27(5,19-21)15-9-7-8-10-16-28(6)18-12-14-22(20-28)32-24(30)26(3)4;10-6-4(8(13)14)1-3(7(11)12)2-5(6)9(15)16/h21-22H,7-20H2,1-6H3;1-2,10H/q+2;. The molecule has 18 nitrogen and oxygen atoms in total. The monoisotopic (exact) mass is 685 g/mol. The number of aromatic hydroxyl groups is 1. The van der Waals surface area contributed by atoms with Gasteiger partial charge in [-0.1, -0.05) is 0 Å². The Morgan fingerprint density at radius 3 is 1.44 bits per heavy atom. The van der Waals surface area contributed by atoms with Crippen LogP contribution in [-0.4, -0.2) is 145 Å². The van der Waals surface area contributed by atoms with E-state index in [0.29, 0.717) is 12.1 Å². The molecule has 0 aromatic heterocycles. The summed E-state index contributed by atoms with van der Waals surface area (Å²) in [4.78, 5) is 54.6. The van der Waals surface area contributed by atoms with Crippen molar-refractivity contribution in [2.75, 3.05) is 81.6 Å². The summed E-state index contributed by atoms with van der Waals surface area (Å²) in [6.07, 6.45) is 8.77. The molecule has 2 amide bonds. The molecule has 270 valence electrons. The van der Waals surface area contributed by atoms with E-state index in [2.05, 4.69) is 14.1 Å². The second kappa shape index (κ2) is 17.7. The SMILES string of the molecule is CN(C)C(=O)OC1CCC[N+](C)(CCCCCC[N+]2(C)CCCC(OC(=O)N(C)C)C2)C1.O=[N+]([O-])c1cc([N+](=O)[O-])c(O)c([N+](=O)[O-])c1. The van der Waals surface area contributed by atoms with Crippen LogP contribution in [0.2, 0.25) is 0 Å². The van der Waals surface area contributed by atoms with Crippen LogP contribution < -0.4 is 0 Å². The third-order valence-electron chi connectivity index (χ3n) is 8.81. The van der Waals surface area contributed by atoms with Gasteiger partial charge >= 0.3 is 23.6 Å². The Labute approximate surface area is 280 Å². The van der Waals surface area contributed by atoms with Crippen molar-refractivity contribution in [2.24, 2.45) is 0 Å². The van der Waals surface area contributed by atoms with Crippen LogP contribution >= 0.6 is 0 Å². The van der Waals surface area contributed by atoms with Crippen molar-refractivity contribution in [3.8, 4) is 5.75 Å². The van der Waals surface area contributed by atoms with Crippen molar-refractivity contribution >= 4 is 29.2 Å². The summed E-state index contributed by atoms with van der Waals surface area (Å²) in [6, 6.07) is 0.894. The molecule has 0 radical (unpaired) electrons. The van der Waals surface area contributed by atoms with E-state index in [0.717, 1.165) is 60.8 Å². The van der Waals surface area contributed by atoms with Crippen LogP contribution in [0.5, 0.6) is 5.75 Å². The van der Waals surface area contributed by atoms with Crippen molar-refractivity contribution in [2.45, 2.75) is 63.6 Å². The Morgan fingerprint density at radius 1 is 0.750 bits per heavy atom. The summed E-state index contributed by atoms with van der Waals surface area (Å²) in [7, 11) is 11.6. The summed E-state index contributed by atoms with van der Waals surface area (Å²) in [5.41, 5.74) is -3.00. The lowest BCUT2D eigenvalue weighted by Gasteiger charge is -2.41. The zero-order chi connectivity index (χ0) is 36.2. The predicted octanol–water partition coefficient (Wildman–Crippen LogP) is 4.28. The molecule has 1 aromatic rings. The number of non-ortho nitro benzene ring substituents is 1. The van der Waals surface area contributed by atoms with Crippen molar-refractivity contribution in [3.63, 3.8) is 0 Å². The van der Waals surface area contributed by atoms with Gasteiger partial charge < -0.3 is 33.3 Å². The molecule has 48 heavy (non-hydrogen) atoms. The van der Waals surface area contributed by atoms with Gasteiger partial charge in [0.1, 0.15) is 13.1 Å². The smallest absolute Gasteiger partial charge is 0.409 e. The number of ether oxygens (including phenoxy) is 2. The van der Waals surface area contributed by atoms with Gasteiger partial charge in [0, 0.05) is 41.0 Å². The van der Waals surface area contributed by atoms with Gasteiger partial charge in [-0.15, -0.1) is 0 Å². The minimum atomic E-state index is -1.21. The minimum absolute atomic E-state index is 0.0433. The molecule has 0 bridgehead atoms. The number of unbranched alkanes of at least 4 members (excludes halogenated alkanes) is 3. The molecule has 4 unspecified atom stereocenters. The molecule has 0 aliphatic carbocycles. The molecule has 0 spiro atoms. The van der Waals surface area contributed by atoms with E-state index < -0.39 is 37.6 Å². The average Bonchev–Trinajstić information content (AvgIpc) is 2.98. The number of quaternary nitrogens is 2.